The Morgan fingerprint density at radius 2 is 1.92 bits per heavy atom. The number of piperidine rings is 2. The fraction of sp³-hybridized carbons (Fsp3) is 0.700. The topological polar surface area (TPSA) is 37.0 Å². The Morgan fingerprint density at radius 3 is 2.76 bits per heavy atom. The van der Waals surface area contributed by atoms with Crippen LogP contribution in [0.2, 0.25) is 0 Å². The molecule has 0 aliphatic carbocycles. The molecule has 5 rings (SSSR count). The van der Waals surface area contributed by atoms with E-state index in [1.165, 1.54) is 64.0 Å². The van der Waals surface area contributed by atoms with E-state index < -0.39 is 0 Å². The van der Waals surface area contributed by atoms with Crippen LogP contribution >= 0.6 is 0 Å². The summed E-state index contributed by atoms with van der Waals surface area (Å²) in [6, 6.07) is 7.13. The molecule has 4 aliphatic rings. The van der Waals surface area contributed by atoms with Crippen LogP contribution in [-0.4, -0.2) is 57.0 Å². The van der Waals surface area contributed by atoms with Gasteiger partial charge in [-0.3, -0.25) is 4.90 Å². The molecule has 1 spiro atoms. The van der Waals surface area contributed by atoms with Crippen molar-refractivity contribution in [1.29, 1.82) is 0 Å². The highest BCUT2D eigenvalue weighted by Crippen LogP contribution is 2.39. The first-order valence-electron chi connectivity index (χ1n) is 9.91. The van der Waals surface area contributed by atoms with Crippen LogP contribution in [0.5, 0.6) is 11.5 Å². The summed E-state index contributed by atoms with van der Waals surface area (Å²) < 4.78 is 11.0. The average Bonchev–Trinajstić information content (AvgIpc) is 3.29. The molecule has 0 radical (unpaired) electrons. The van der Waals surface area contributed by atoms with Gasteiger partial charge in [-0.25, -0.2) is 0 Å². The monoisotopic (exact) mass is 343 g/mol. The van der Waals surface area contributed by atoms with Crippen molar-refractivity contribution < 1.29 is 9.47 Å². The number of benzene rings is 1. The summed E-state index contributed by atoms with van der Waals surface area (Å²) in [6.45, 7) is 7.71. The first kappa shape index (κ1) is 15.8. The van der Waals surface area contributed by atoms with E-state index in [1.54, 1.807) is 0 Å². The van der Waals surface area contributed by atoms with Gasteiger partial charge >= 0.3 is 0 Å². The number of likely N-dealkylation sites (tertiary alicyclic amines) is 1. The lowest BCUT2D eigenvalue weighted by atomic mass is 9.80. The zero-order chi connectivity index (χ0) is 16.7. The number of nitrogens with one attached hydrogen (secondary N) is 1. The molecular formula is C20H29N3O2. The van der Waals surface area contributed by atoms with E-state index >= 15 is 0 Å². The maximum Gasteiger partial charge on any atom is 0.231 e. The summed E-state index contributed by atoms with van der Waals surface area (Å²) in [6.07, 6.45) is 6.72. The van der Waals surface area contributed by atoms with Gasteiger partial charge in [-0.2, -0.15) is 0 Å². The Morgan fingerprint density at radius 1 is 1.04 bits per heavy atom. The van der Waals surface area contributed by atoms with Gasteiger partial charge in [0.15, 0.2) is 11.5 Å². The molecule has 25 heavy (non-hydrogen) atoms. The molecule has 1 unspecified atom stereocenters. The van der Waals surface area contributed by atoms with Gasteiger partial charge in [0.25, 0.3) is 0 Å². The first-order chi connectivity index (χ1) is 12.3. The van der Waals surface area contributed by atoms with E-state index in [2.05, 4.69) is 27.2 Å². The summed E-state index contributed by atoms with van der Waals surface area (Å²) in [5.74, 6) is 1.77. The summed E-state index contributed by atoms with van der Waals surface area (Å²) >= 11 is 0. The molecule has 3 fully saturated rings. The van der Waals surface area contributed by atoms with Crippen molar-refractivity contribution in [2.24, 2.45) is 5.41 Å². The third-order valence-electron chi connectivity index (χ3n) is 6.73. The minimum absolute atomic E-state index is 0.354. The maximum absolute atomic E-state index is 5.53. The predicted octanol–water partition coefficient (Wildman–Crippen LogP) is 2.46. The largest absolute Gasteiger partial charge is 0.454 e. The summed E-state index contributed by atoms with van der Waals surface area (Å²) in [5, 5.41) is 3.63. The number of fused-ring (bicyclic) bond motifs is 1. The number of ether oxygens (including phenoxy) is 2. The highest BCUT2D eigenvalue weighted by Gasteiger charge is 2.41. The van der Waals surface area contributed by atoms with Crippen LogP contribution in [0.3, 0.4) is 0 Å². The van der Waals surface area contributed by atoms with E-state index in [4.69, 9.17) is 9.47 Å². The molecular weight excluding hydrogens is 314 g/mol. The molecule has 1 atom stereocenters. The molecule has 1 N–H and O–H groups in total. The number of nitrogens with zero attached hydrogens (tertiary/aromatic N) is 2. The molecule has 136 valence electrons. The minimum Gasteiger partial charge on any atom is -0.454 e. The number of rotatable bonds is 2. The van der Waals surface area contributed by atoms with E-state index in [0.29, 0.717) is 12.2 Å². The molecule has 0 bridgehead atoms. The number of hydrogen-bond acceptors (Lipinski definition) is 5. The van der Waals surface area contributed by atoms with Crippen LogP contribution in [-0.2, 0) is 0 Å². The predicted molar refractivity (Wildman–Crippen MR) is 98.5 cm³/mol. The fourth-order valence-corrected chi connectivity index (χ4v) is 5.23. The van der Waals surface area contributed by atoms with Crippen LogP contribution in [0, 0.1) is 5.41 Å². The highest BCUT2D eigenvalue weighted by atomic mass is 16.7. The Hall–Kier alpha value is -1.46. The second-order valence-electron chi connectivity index (χ2n) is 8.26. The molecule has 1 aromatic rings. The molecule has 3 saturated heterocycles. The minimum atomic E-state index is 0.354. The summed E-state index contributed by atoms with van der Waals surface area (Å²) in [4.78, 5) is 5.30. The molecule has 0 aromatic heterocycles. The lowest BCUT2D eigenvalue weighted by molar-refractivity contribution is 0.157. The van der Waals surface area contributed by atoms with Gasteiger partial charge in [0, 0.05) is 44.0 Å². The van der Waals surface area contributed by atoms with Crippen molar-refractivity contribution in [3.63, 3.8) is 0 Å². The van der Waals surface area contributed by atoms with Crippen LogP contribution in [0.25, 0.3) is 0 Å². The lowest BCUT2D eigenvalue weighted by Gasteiger charge is -2.39. The molecule has 5 nitrogen and oxygen atoms in total. The van der Waals surface area contributed by atoms with Gasteiger partial charge in [0.1, 0.15) is 0 Å². The zero-order valence-corrected chi connectivity index (χ0v) is 15.0. The van der Waals surface area contributed by atoms with E-state index in [-0.39, 0.29) is 0 Å². The van der Waals surface area contributed by atoms with Gasteiger partial charge in [0.05, 0.1) is 0 Å². The Bertz CT molecular complexity index is 621. The summed E-state index contributed by atoms with van der Waals surface area (Å²) in [7, 11) is 0. The van der Waals surface area contributed by atoms with Crippen LogP contribution in [0.1, 0.15) is 32.1 Å². The normalized spacial score (nSPS) is 30.3. The quantitative estimate of drug-likeness (QED) is 0.893. The smallest absolute Gasteiger partial charge is 0.231 e. The Kier molecular flexibility index (Phi) is 4.01. The van der Waals surface area contributed by atoms with Gasteiger partial charge in [-0.1, -0.05) is 0 Å². The fourth-order valence-electron chi connectivity index (χ4n) is 5.23. The Balaban J connectivity index is 1.19. The third kappa shape index (κ3) is 2.97. The van der Waals surface area contributed by atoms with Crippen LogP contribution in [0.4, 0.5) is 5.69 Å². The lowest BCUT2D eigenvalue weighted by Crippen LogP contribution is -2.47. The van der Waals surface area contributed by atoms with Crippen molar-refractivity contribution in [2.45, 2.75) is 38.1 Å². The second-order valence-corrected chi connectivity index (χ2v) is 8.26. The highest BCUT2D eigenvalue weighted by molar-refractivity contribution is 5.57. The number of hydrogen-bond donors (Lipinski definition) is 1. The molecule has 0 saturated carbocycles. The van der Waals surface area contributed by atoms with Crippen LogP contribution in [0.15, 0.2) is 18.2 Å². The average molecular weight is 343 g/mol. The van der Waals surface area contributed by atoms with Crippen molar-refractivity contribution in [3.8, 4) is 11.5 Å². The van der Waals surface area contributed by atoms with Crippen molar-refractivity contribution in [1.82, 2.24) is 10.2 Å². The standard InChI is InChI=1S/C20H29N3O2/c1-6-20(13-21-8-1)7-11-23(14-20)16-4-9-22(10-5-16)17-2-3-18-19(12-17)25-15-24-18/h2-3,12,16,21H,1,4-11,13-15H2. The molecule has 1 aromatic carbocycles. The molecule has 4 heterocycles. The summed E-state index contributed by atoms with van der Waals surface area (Å²) in [5.41, 5.74) is 1.85. The van der Waals surface area contributed by atoms with Crippen molar-refractivity contribution >= 4 is 5.69 Å². The SMILES string of the molecule is c1cc2c(cc1N1CCC(N3CCC4(CCCNC4)C3)CC1)OCO2. The first-order valence-corrected chi connectivity index (χ1v) is 9.91. The van der Waals surface area contributed by atoms with Gasteiger partial charge < -0.3 is 19.7 Å². The van der Waals surface area contributed by atoms with E-state index in [1.807, 2.05) is 6.07 Å². The van der Waals surface area contributed by atoms with Crippen molar-refractivity contribution in [2.75, 3.05) is 51.0 Å². The number of anilines is 1. The van der Waals surface area contributed by atoms with Crippen molar-refractivity contribution in [3.05, 3.63) is 18.2 Å². The third-order valence-corrected chi connectivity index (χ3v) is 6.73. The van der Waals surface area contributed by atoms with Gasteiger partial charge in [-0.05, 0) is 62.7 Å². The van der Waals surface area contributed by atoms with Crippen LogP contribution < -0.4 is 19.7 Å². The maximum atomic E-state index is 5.53. The molecule has 5 heteroatoms. The second kappa shape index (κ2) is 6.36. The van der Waals surface area contributed by atoms with E-state index in [9.17, 15) is 0 Å². The van der Waals surface area contributed by atoms with Gasteiger partial charge in [-0.15, -0.1) is 0 Å². The molecule has 0 amide bonds. The Labute approximate surface area is 150 Å². The molecule has 4 aliphatic heterocycles. The van der Waals surface area contributed by atoms with Gasteiger partial charge in [0.2, 0.25) is 6.79 Å². The van der Waals surface area contributed by atoms with E-state index in [0.717, 1.165) is 30.6 Å². The zero-order valence-electron chi connectivity index (χ0n) is 15.0.